The van der Waals surface area contributed by atoms with Gasteiger partial charge in [-0.2, -0.15) is 0 Å². The van der Waals surface area contributed by atoms with Gasteiger partial charge in [0.25, 0.3) is 0 Å². The molecule has 1 amide bonds. The van der Waals surface area contributed by atoms with Gasteiger partial charge >= 0.3 is 0 Å². The summed E-state index contributed by atoms with van der Waals surface area (Å²) >= 11 is 0. The van der Waals surface area contributed by atoms with Crippen LogP contribution in [0.25, 0.3) is 0 Å². The second-order valence-corrected chi connectivity index (χ2v) is 14.0. The predicted octanol–water partition coefficient (Wildman–Crippen LogP) is 14.3. The molecule has 316 valence electrons. The van der Waals surface area contributed by atoms with Crippen molar-refractivity contribution in [2.24, 2.45) is 0 Å². The molecular formula is C53H81NO3. The monoisotopic (exact) mass is 780 g/mol. The smallest absolute Gasteiger partial charge is 0.220 e. The van der Waals surface area contributed by atoms with Crippen molar-refractivity contribution < 1.29 is 15.0 Å². The maximum atomic E-state index is 12.2. The van der Waals surface area contributed by atoms with E-state index >= 15 is 0 Å². The van der Waals surface area contributed by atoms with Crippen LogP contribution in [-0.2, 0) is 4.79 Å². The van der Waals surface area contributed by atoms with E-state index in [1.54, 1.807) is 6.08 Å². The first-order chi connectivity index (χ1) is 28.2. The van der Waals surface area contributed by atoms with Gasteiger partial charge in [-0.3, -0.25) is 4.79 Å². The first kappa shape index (κ1) is 53.0. The summed E-state index contributed by atoms with van der Waals surface area (Å²) < 4.78 is 0. The zero-order chi connectivity index (χ0) is 41.4. The number of carbonyl (C=O) groups excluding carboxylic acids is 1. The van der Waals surface area contributed by atoms with Crippen LogP contribution in [-0.4, -0.2) is 34.9 Å². The number of carbonyl (C=O) groups is 1. The van der Waals surface area contributed by atoms with E-state index in [0.717, 1.165) is 128 Å². The zero-order valence-electron chi connectivity index (χ0n) is 36.0. The Morgan fingerprint density at radius 2 is 0.772 bits per heavy atom. The summed E-state index contributed by atoms with van der Waals surface area (Å²) in [7, 11) is 0. The van der Waals surface area contributed by atoms with Crippen LogP contribution in [0.4, 0.5) is 0 Å². The molecule has 2 unspecified atom stereocenters. The number of hydrogen-bond acceptors (Lipinski definition) is 3. The van der Waals surface area contributed by atoms with Crippen LogP contribution in [0.3, 0.4) is 0 Å². The number of aliphatic hydroxyl groups is 2. The van der Waals surface area contributed by atoms with E-state index in [0.29, 0.717) is 6.42 Å². The van der Waals surface area contributed by atoms with Crippen molar-refractivity contribution in [1.29, 1.82) is 0 Å². The summed E-state index contributed by atoms with van der Waals surface area (Å²) in [6.45, 7) is 4.01. The molecule has 2 atom stereocenters. The summed E-state index contributed by atoms with van der Waals surface area (Å²) in [4.78, 5) is 12.2. The molecule has 0 rings (SSSR count). The Bertz CT molecular complexity index is 1300. The molecule has 0 fully saturated rings. The van der Waals surface area contributed by atoms with Crippen LogP contribution >= 0.6 is 0 Å². The number of hydrogen-bond donors (Lipinski definition) is 3. The standard InChI is InChI=1S/C53H81NO3/c1-3-5-7-9-10-11-12-13-14-15-16-17-18-19-20-21-22-23-24-25-26-27-28-29-30-31-32-33-34-35-36-37-38-39-40-41-42-43-44-45-47-49-53(57)54-51(50-55)52(56)48-46-8-6-4-2/h5,7,10-11,13-14,16-17,19-20,22-23,25-26,28-29,31-32,34-35,37-38,40-41,46,48,51-52,55-56H,3-4,6,8-9,12,15,18,21,24,27,30,33,36,39,42-45,47,49-50H2,1-2H3,(H,54,57)/b7-5-,11-10-,14-13-,17-16-,20-19-,23-22-,26-25-,29-28-,32-31-,35-34-,38-37-,41-40-,48-46+. The van der Waals surface area contributed by atoms with Gasteiger partial charge in [-0.15, -0.1) is 0 Å². The highest BCUT2D eigenvalue weighted by molar-refractivity contribution is 5.76. The molecule has 0 aromatic rings. The van der Waals surface area contributed by atoms with E-state index in [1.807, 2.05) is 6.08 Å². The lowest BCUT2D eigenvalue weighted by Crippen LogP contribution is -2.45. The van der Waals surface area contributed by atoms with Crippen molar-refractivity contribution >= 4 is 5.91 Å². The van der Waals surface area contributed by atoms with Gasteiger partial charge in [0, 0.05) is 6.42 Å². The fourth-order valence-electron chi connectivity index (χ4n) is 5.38. The van der Waals surface area contributed by atoms with Crippen molar-refractivity contribution in [3.05, 3.63) is 158 Å². The van der Waals surface area contributed by atoms with Crippen molar-refractivity contribution in [1.82, 2.24) is 5.32 Å². The summed E-state index contributed by atoms with van der Waals surface area (Å²) in [6, 6.07) is -0.642. The minimum Gasteiger partial charge on any atom is -0.394 e. The Morgan fingerprint density at radius 3 is 1.12 bits per heavy atom. The van der Waals surface area contributed by atoms with Crippen molar-refractivity contribution in [2.75, 3.05) is 6.61 Å². The fourth-order valence-corrected chi connectivity index (χ4v) is 5.38. The minimum absolute atomic E-state index is 0.107. The van der Waals surface area contributed by atoms with Crippen molar-refractivity contribution in [2.45, 2.75) is 161 Å². The number of amides is 1. The van der Waals surface area contributed by atoms with Gasteiger partial charge in [0.05, 0.1) is 18.8 Å². The van der Waals surface area contributed by atoms with Gasteiger partial charge in [-0.05, 0) is 103 Å². The molecule has 4 nitrogen and oxygen atoms in total. The predicted molar refractivity (Wildman–Crippen MR) is 252 cm³/mol. The number of aliphatic hydroxyl groups excluding tert-OH is 2. The number of unbranched alkanes of at least 4 members (excludes halogenated alkanes) is 6. The molecular weight excluding hydrogens is 699 g/mol. The number of nitrogens with one attached hydrogen (secondary N) is 1. The van der Waals surface area contributed by atoms with E-state index in [9.17, 15) is 15.0 Å². The second kappa shape index (κ2) is 46.4. The topological polar surface area (TPSA) is 69.6 Å². The molecule has 0 saturated carbocycles. The molecule has 3 N–H and O–H groups in total. The van der Waals surface area contributed by atoms with Crippen LogP contribution < -0.4 is 5.32 Å². The van der Waals surface area contributed by atoms with Gasteiger partial charge in [-0.1, -0.05) is 198 Å². The van der Waals surface area contributed by atoms with Gasteiger partial charge in [0.15, 0.2) is 0 Å². The zero-order valence-corrected chi connectivity index (χ0v) is 36.0. The molecule has 0 aliphatic carbocycles. The Hall–Kier alpha value is -3.99. The minimum atomic E-state index is -0.856. The van der Waals surface area contributed by atoms with E-state index in [-0.39, 0.29) is 12.5 Å². The van der Waals surface area contributed by atoms with Crippen molar-refractivity contribution in [3.8, 4) is 0 Å². The molecule has 0 spiro atoms. The summed E-state index contributed by atoms with van der Waals surface area (Å²) in [5, 5.41) is 22.5. The average molecular weight is 780 g/mol. The van der Waals surface area contributed by atoms with E-state index in [4.69, 9.17) is 0 Å². The van der Waals surface area contributed by atoms with Crippen molar-refractivity contribution in [3.63, 3.8) is 0 Å². The van der Waals surface area contributed by atoms with Gasteiger partial charge in [0.2, 0.25) is 5.91 Å². The third kappa shape index (κ3) is 43.0. The third-order valence-corrected chi connectivity index (χ3v) is 8.77. The van der Waals surface area contributed by atoms with Crippen LogP contribution in [0.1, 0.15) is 149 Å². The maximum Gasteiger partial charge on any atom is 0.220 e. The highest BCUT2D eigenvalue weighted by atomic mass is 16.3. The summed E-state index contributed by atoms with van der Waals surface area (Å²) in [5.41, 5.74) is 0. The van der Waals surface area contributed by atoms with Crippen LogP contribution in [0.2, 0.25) is 0 Å². The van der Waals surface area contributed by atoms with Crippen LogP contribution in [0.5, 0.6) is 0 Å². The average Bonchev–Trinajstić information content (AvgIpc) is 3.22. The highest BCUT2D eigenvalue weighted by Gasteiger charge is 2.17. The molecule has 4 heteroatoms. The molecule has 0 aliphatic heterocycles. The number of allylic oxidation sites excluding steroid dienone is 25. The van der Waals surface area contributed by atoms with Crippen LogP contribution in [0, 0.1) is 0 Å². The van der Waals surface area contributed by atoms with E-state index in [1.165, 1.54) is 0 Å². The fraction of sp³-hybridized carbons (Fsp3) is 0.491. The van der Waals surface area contributed by atoms with Crippen LogP contribution in [0.15, 0.2) is 158 Å². The lowest BCUT2D eigenvalue weighted by atomic mass is 10.1. The molecule has 0 saturated heterocycles. The first-order valence-electron chi connectivity index (χ1n) is 22.2. The van der Waals surface area contributed by atoms with E-state index in [2.05, 4.69) is 165 Å². The van der Waals surface area contributed by atoms with E-state index < -0.39 is 12.1 Å². The normalized spacial score (nSPS) is 14.5. The lowest BCUT2D eigenvalue weighted by Gasteiger charge is -2.19. The summed E-state index contributed by atoms with van der Waals surface area (Å²) in [6.07, 6.45) is 76.9. The highest BCUT2D eigenvalue weighted by Crippen LogP contribution is 2.08. The molecule has 0 radical (unpaired) electrons. The first-order valence-corrected chi connectivity index (χ1v) is 22.2. The second-order valence-electron chi connectivity index (χ2n) is 14.0. The number of rotatable bonds is 37. The molecule has 57 heavy (non-hydrogen) atoms. The molecule has 0 bridgehead atoms. The van der Waals surface area contributed by atoms with Gasteiger partial charge in [-0.25, -0.2) is 0 Å². The Balaban J connectivity index is 3.70. The summed E-state index contributed by atoms with van der Waals surface area (Å²) in [5.74, 6) is -0.107. The molecule has 0 aromatic carbocycles. The molecule has 0 heterocycles. The molecule has 0 aliphatic rings. The Morgan fingerprint density at radius 1 is 0.439 bits per heavy atom. The SMILES string of the molecule is CC/C=C\C/C=C\C/C=C\C/C=C\C/C=C\C/C=C\C/C=C\C/C=C\C/C=C\C/C=C\C/C=C\C/C=C\CCCCCCC(=O)NC(CO)C(O)/C=C/CCCC. The Labute approximate surface area is 350 Å². The Kier molecular flexibility index (Phi) is 43.1. The van der Waals surface area contributed by atoms with Gasteiger partial charge in [0.1, 0.15) is 0 Å². The molecule has 0 aromatic heterocycles. The third-order valence-electron chi connectivity index (χ3n) is 8.77. The lowest BCUT2D eigenvalue weighted by molar-refractivity contribution is -0.123. The quantitative estimate of drug-likeness (QED) is 0.0434. The maximum absolute atomic E-state index is 12.2. The largest absolute Gasteiger partial charge is 0.394 e. The van der Waals surface area contributed by atoms with Gasteiger partial charge < -0.3 is 15.5 Å².